The van der Waals surface area contributed by atoms with Gasteiger partial charge in [0, 0.05) is 11.6 Å². The molecule has 1 aliphatic carbocycles. The molecule has 3 amide bonds. The van der Waals surface area contributed by atoms with Gasteiger partial charge in [-0.15, -0.1) is 4.40 Å². The van der Waals surface area contributed by atoms with E-state index in [1.807, 2.05) is 84.9 Å². The van der Waals surface area contributed by atoms with Crippen LogP contribution in [0.5, 0.6) is 0 Å². The first kappa shape index (κ1) is 56.8. The van der Waals surface area contributed by atoms with Crippen LogP contribution in [0.25, 0.3) is 33.4 Å². The van der Waals surface area contributed by atoms with Gasteiger partial charge in [0.05, 0.1) is 6.61 Å². The van der Waals surface area contributed by atoms with E-state index in [1.165, 1.54) is 27.7 Å². The first-order valence-corrected chi connectivity index (χ1v) is 25.9. The Hall–Kier alpha value is -8.97. The maximum Gasteiger partial charge on any atom is 0.518 e. The molecular weight excluding hydrogens is 1030 g/mol. The highest BCUT2D eigenvalue weighted by molar-refractivity contribution is 7.91. The van der Waals surface area contributed by atoms with Crippen LogP contribution in [-0.4, -0.2) is 57.3 Å². The second-order valence-corrected chi connectivity index (χ2v) is 20.2. The van der Waals surface area contributed by atoms with E-state index in [0.717, 1.165) is 44.5 Å². The van der Waals surface area contributed by atoms with Gasteiger partial charge in [-0.3, -0.25) is 10.6 Å². The van der Waals surface area contributed by atoms with Crippen molar-refractivity contribution in [3.8, 4) is 33.4 Å². The Morgan fingerprint density at radius 1 is 0.564 bits per heavy atom. The van der Waals surface area contributed by atoms with Crippen molar-refractivity contribution in [3.63, 3.8) is 0 Å². The number of benzene rings is 7. The number of nitrogens with one attached hydrogen (secondary N) is 3. The van der Waals surface area contributed by atoms with E-state index in [9.17, 15) is 40.8 Å². The summed E-state index contributed by atoms with van der Waals surface area (Å²) in [5.41, 5.74) is 7.60. The maximum absolute atomic E-state index is 13.2. The highest BCUT2D eigenvalue weighted by Crippen LogP contribution is 2.44. The highest BCUT2D eigenvalue weighted by atomic mass is 32.2. The lowest BCUT2D eigenvalue weighted by atomic mass is 9.95. The van der Waals surface area contributed by atoms with E-state index in [0.29, 0.717) is 22.4 Å². The number of sulfonamides is 1. The smallest absolute Gasteiger partial charge is 0.464 e. The van der Waals surface area contributed by atoms with Gasteiger partial charge in [0.25, 0.3) is 0 Å². The normalized spacial score (nSPS) is 12.5. The van der Waals surface area contributed by atoms with Crippen LogP contribution in [0.15, 0.2) is 186 Å². The molecule has 0 fully saturated rings. The minimum atomic E-state index is -6.19. The van der Waals surface area contributed by atoms with Crippen LogP contribution in [0.4, 0.5) is 33.2 Å². The Balaban J connectivity index is 0.000000245. The number of guanidine groups is 1. The fourth-order valence-corrected chi connectivity index (χ4v) is 8.85. The van der Waals surface area contributed by atoms with Crippen LogP contribution in [0.2, 0.25) is 0 Å². The maximum atomic E-state index is 13.2. The van der Waals surface area contributed by atoms with E-state index in [2.05, 4.69) is 34.0 Å². The number of anilines is 1. The van der Waals surface area contributed by atoms with Gasteiger partial charge in [0.1, 0.15) is 17.8 Å². The average molecular weight is 1080 g/mol. The van der Waals surface area contributed by atoms with E-state index < -0.39 is 63.0 Å². The summed E-state index contributed by atoms with van der Waals surface area (Å²) in [6.07, 6.45) is -3.47. The minimum absolute atomic E-state index is 0.0595. The van der Waals surface area contributed by atoms with Gasteiger partial charge in [-0.25, -0.2) is 19.2 Å². The van der Waals surface area contributed by atoms with Crippen LogP contribution in [0, 0.1) is 0 Å². The molecule has 0 aromatic heterocycles. The van der Waals surface area contributed by atoms with E-state index >= 15 is 0 Å². The number of nitrogen functional groups attached to an aromatic ring is 1. The van der Waals surface area contributed by atoms with Gasteiger partial charge in [0.2, 0.25) is 5.96 Å². The van der Waals surface area contributed by atoms with Crippen molar-refractivity contribution in [2.75, 3.05) is 18.9 Å². The van der Waals surface area contributed by atoms with Crippen LogP contribution in [-0.2, 0) is 45.0 Å². The van der Waals surface area contributed by atoms with Crippen LogP contribution in [0.3, 0.4) is 0 Å². The highest BCUT2D eigenvalue weighted by Gasteiger charge is 2.47. The lowest BCUT2D eigenvalue weighted by molar-refractivity contribution is -0.145. The molecule has 78 heavy (non-hydrogen) atoms. The number of esters is 1. The number of halogens is 3. The molecule has 0 heterocycles. The van der Waals surface area contributed by atoms with Crippen molar-refractivity contribution in [3.05, 3.63) is 210 Å². The van der Waals surface area contributed by atoms with Gasteiger partial charge in [0.15, 0.2) is 6.04 Å². The fourth-order valence-electron chi connectivity index (χ4n) is 8.41. The monoisotopic (exact) mass is 1080 g/mol. The molecule has 7 aromatic rings. The molecule has 0 radical (unpaired) electrons. The number of hydrogen-bond donors (Lipinski definition) is 4. The van der Waals surface area contributed by atoms with Gasteiger partial charge < -0.3 is 30.0 Å². The number of carbonyl (C=O) groups excluding carboxylic acids is 4. The van der Waals surface area contributed by atoms with E-state index in [1.54, 1.807) is 90.4 Å². The minimum Gasteiger partial charge on any atom is -0.464 e. The number of amides is 3. The molecule has 5 N–H and O–H groups in total. The quantitative estimate of drug-likeness (QED) is 0.0280. The third kappa shape index (κ3) is 14.3. The predicted molar refractivity (Wildman–Crippen MR) is 290 cm³/mol. The molecule has 404 valence electrons. The molecule has 0 saturated carbocycles. The lowest BCUT2D eigenvalue weighted by Crippen LogP contribution is -2.48. The van der Waals surface area contributed by atoms with Crippen molar-refractivity contribution in [2.24, 2.45) is 4.40 Å². The zero-order valence-corrected chi connectivity index (χ0v) is 43.9. The van der Waals surface area contributed by atoms with E-state index in [-0.39, 0.29) is 19.1 Å². The molecule has 19 heteroatoms. The summed E-state index contributed by atoms with van der Waals surface area (Å²) >= 11 is 0. The van der Waals surface area contributed by atoms with E-state index in [4.69, 9.17) is 24.7 Å². The molecule has 1 aliphatic rings. The lowest BCUT2D eigenvalue weighted by Gasteiger charge is -2.27. The van der Waals surface area contributed by atoms with Crippen LogP contribution >= 0.6 is 0 Å². The molecule has 1 atom stereocenters. The SMILES string of the molecule is CC(C)(OC(=O)NC(=NS(=O)(=O)C(F)(F)F)NC(=O)OC(C)(C)c1ccc(-c2ccccc2)cc1)c1ccc(-c2ccccc2)cc1.CCOC(=O)C(NC(=O)OCC1c2ccccc2-c2ccccc21)c1ccc(N)cc1. The number of hydrogen-bond acceptors (Lipinski definition) is 11. The fraction of sp³-hybridized carbons (Fsp3) is 0.203. The molecule has 0 saturated heterocycles. The molecule has 7 aromatic carbocycles. The summed E-state index contributed by atoms with van der Waals surface area (Å²) in [7, 11) is -6.19. The Bertz CT molecular complexity index is 3220. The molecule has 0 aliphatic heterocycles. The van der Waals surface area contributed by atoms with Gasteiger partial charge in [-0.05, 0) is 108 Å². The van der Waals surface area contributed by atoms with Crippen molar-refractivity contribution in [1.82, 2.24) is 16.0 Å². The summed E-state index contributed by atoms with van der Waals surface area (Å²) in [6.45, 7) is 8.14. The topological polar surface area (TPSA) is 214 Å². The Morgan fingerprint density at radius 2 is 0.974 bits per heavy atom. The van der Waals surface area contributed by atoms with Gasteiger partial charge in [-0.2, -0.15) is 21.6 Å². The second kappa shape index (κ2) is 24.4. The molecule has 15 nitrogen and oxygen atoms in total. The van der Waals surface area contributed by atoms with Crippen LogP contribution < -0.4 is 21.7 Å². The van der Waals surface area contributed by atoms with Crippen molar-refractivity contribution >= 4 is 45.9 Å². The summed E-state index contributed by atoms with van der Waals surface area (Å²) in [5.74, 6) is -1.99. The summed E-state index contributed by atoms with van der Waals surface area (Å²) in [4.78, 5) is 50.7. The molecule has 0 spiro atoms. The molecule has 1 unspecified atom stereocenters. The predicted octanol–water partition coefficient (Wildman–Crippen LogP) is 12.3. The van der Waals surface area contributed by atoms with Crippen LogP contribution in [0.1, 0.15) is 74.4 Å². The van der Waals surface area contributed by atoms with Crippen molar-refractivity contribution in [2.45, 2.75) is 63.3 Å². The number of alkyl carbamates (subject to hydrolysis) is 3. The average Bonchev–Trinajstić information content (AvgIpc) is 3.75. The Kier molecular flexibility index (Phi) is 17.7. The molecule has 8 rings (SSSR count). The first-order valence-electron chi connectivity index (χ1n) is 24.4. The third-order valence-corrected chi connectivity index (χ3v) is 13.4. The Morgan fingerprint density at radius 3 is 1.40 bits per heavy atom. The third-order valence-electron chi connectivity index (χ3n) is 12.4. The summed E-state index contributed by atoms with van der Waals surface area (Å²) in [5, 5.41) is 6.21. The van der Waals surface area contributed by atoms with Crippen molar-refractivity contribution < 1.29 is 59.7 Å². The zero-order valence-electron chi connectivity index (χ0n) is 43.0. The zero-order chi connectivity index (χ0) is 56.3. The second-order valence-electron chi connectivity index (χ2n) is 18.6. The number of ether oxygens (including phenoxy) is 4. The number of fused-ring (bicyclic) bond motifs is 3. The van der Waals surface area contributed by atoms with Gasteiger partial charge >= 0.3 is 39.8 Å². The number of nitrogens with two attached hydrogens (primary N) is 1. The standard InChI is InChI=1S/C34H32F3N3O6S.C25H24N2O4/c1-32(2,27-19-15-25(16-20-27)23-11-7-5-8-12-23)45-30(41)38-29(40-47(43,44)34(35,36)37)39-31(42)46-33(3,4)28-21-17-26(18-22-28)24-13-9-6-10-14-24;1-2-30-24(28)23(16-11-13-17(26)14-12-16)27-25(29)31-15-22-20-9-5-3-7-18(20)19-8-4-6-10-21(19)22/h5-22H,1-4H3,(H2,38,39,40,41,42);3-14,22-23H,2,15,26H2,1H3,(H,27,29). The summed E-state index contributed by atoms with van der Waals surface area (Å²) in [6, 6.07) is 54.9. The van der Waals surface area contributed by atoms with Crippen molar-refractivity contribution in [1.29, 1.82) is 0 Å². The number of carbonyl (C=O) groups is 4. The largest absolute Gasteiger partial charge is 0.518 e. The summed E-state index contributed by atoms with van der Waals surface area (Å²) < 4.78 is 87.3. The Labute approximate surface area is 449 Å². The number of alkyl halides is 3. The van der Waals surface area contributed by atoms with Gasteiger partial charge in [-0.1, -0.05) is 170 Å². The number of rotatable bonds is 13. The molecule has 0 bridgehead atoms. The first-order chi connectivity index (χ1) is 37.0. The molecular formula is C59H56F3N5O10S. The number of nitrogens with zero attached hydrogens (tertiary/aromatic N) is 1.